The second-order valence-electron chi connectivity index (χ2n) is 4.58. The molecule has 2 amide bonds. The Labute approximate surface area is 118 Å². The van der Waals surface area contributed by atoms with Gasteiger partial charge in [-0.25, -0.2) is 10.2 Å². The molecule has 1 rings (SSSR count). The molecule has 110 valence electrons. The Kier molecular flexibility index (Phi) is 6.36. The number of carbonyl (C=O) groups is 1. The number of nitrogens with zero attached hydrogens (tertiary/aromatic N) is 1. The lowest BCUT2D eigenvalue weighted by atomic mass is 10.2. The fraction of sp³-hybridized carbons (Fsp3) is 0.429. The lowest BCUT2D eigenvalue weighted by Gasteiger charge is -2.13. The van der Waals surface area contributed by atoms with Crippen LogP contribution in [0.3, 0.4) is 0 Å². The highest BCUT2D eigenvalue weighted by molar-refractivity contribution is 5.82. The molecular formula is C14H21N3O3. The molecule has 0 bridgehead atoms. The van der Waals surface area contributed by atoms with Crippen molar-refractivity contribution in [2.75, 3.05) is 13.2 Å². The summed E-state index contributed by atoms with van der Waals surface area (Å²) in [7, 11) is 0. The van der Waals surface area contributed by atoms with Crippen LogP contribution in [0.1, 0.15) is 26.3 Å². The molecule has 0 radical (unpaired) electrons. The van der Waals surface area contributed by atoms with E-state index in [9.17, 15) is 4.79 Å². The number of ether oxygens (including phenoxy) is 2. The van der Waals surface area contributed by atoms with E-state index in [0.717, 1.165) is 5.56 Å². The van der Waals surface area contributed by atoms with Crippen LogP contribution in [0.25, 0.3) is 0 Å². The van der Waals surface area contributed by atoms with E-state index >= 15 is 0 Å². The van der Waals surface area contributed by atoms with Gasteiger partial charge in [-0.15, -0.1) is 0 Å². The molecule has 1 aromatic carbocycles. The number of benzene rings is 1. The molecule has 6 heteroatoms. The lowest BCUT2D eigenvalue weighted by molar-refractivity contribution is 0.248. The van der Waals surface area contributed by atoms with Crippen molar-refractivity contribution in [1.29, 1.82) is 0 Å². The van der Waals surface area contributed by atoms with Gasteiger partial charge in [0.15, 0.2) is 11.5 Å². The number of nitrogens with one attached hydrogen (secondary N) is 1. The SMILES string of the molecule is CCOc1cc(C=NNC(N)=O)ccc1OCC(C)C. The monoisotopic (exact) mass is 279 g/mol. The van der Waals surface area contributed by atoms with Crippen molar-refractivity contribution >= 4 is 12.2 Å². The molecule has 0 aromatic heterocycles. The third-order valence-electron chi connectivity index (χ3n) is 2.23. The molecule has 0 atom stereocenters. The number of amides is 2. The van der Waals surface area contributed by atoms with Crippen molar-refractivity contribution in [1.82, 2.24) is 5.43 Å². The van der Waals surface area contributed by atoms with Crippen molar-refractivity contribution in [3.8, 4) is 11.5 Å². The summed E-state index contributed by atoms with van der Waals surface area (Å²) < 4.78 is 11.2. The molecule has 0 aliphatic carbocycles. The fourth-order valence-electron chi connectivity index (χ4n) is 1.42. The number of carbonyl (C=O) groups excluding carboxylic acids is 1. The summed E-state index contributed by atoms with van der Waals surface area (Å²) in [6.45, 7) is 7.23. The highest BCUT2D eigenvalue weighted by Gasteiger charge is 2.06. The number of hydrogen-bond donors (Lipinski definition) is 2. The molecule has 0 aliphatic heterocycles. The standard InChI is InChI=1S/C14H21N3O3/c1-4-19-13-7-11(8-16-17-14(15)18)5-6-12(13)20-9-10(2)3/h5-8,10H,4,9H2,1-3H3,(H3,15,17,18). The summed E-state index contributed by atoms with van der Waals surface area (Å²) >= 11 is 0. The van der Waals surface area contributed by atoms with Crippen LogP contribution in [0.4, 0.5) is 4.79 Å². The van der Waals surface area contributed by atoms with E-state index in [1.54, 1.807) is 6.07 Å². The number of hydrazone groups is 1. The summed E-state index contributed by atoms with van der Waals surface area (Å²) in [4.78, 5) is 10.5. The number of urea groups is 1. The van der Waals surface area contributed by atoms with Gasteiger partial charge >= 0.3 is 6.03 Å². The van der Waals surface area contributed by atoms with Gasteiger partial charge in [0.2, 0.25) is 0 Å². The van der Waals surface area contributed by atoms with Crippen molar-refractivity contribution in [2.45, 2.75) is 20.8 Å². The maximum atomic E-state index is 10.5. The van der Waals surface area contributed by atoms with Crippen molar-refractivity contribution in [3.05, 3.63) is 23.8 Å². The van der Waals surface area contributed by atoms with E-state index in [0.29, 0.717) is 30.6 Å². The molecule has 3 N–H and O–H groups in total. The molecule has 0 heterocycles. The van der Waals surface area contributed by atoms with Crippen LogP contribution in [-0.2, 0) is 0 Å². The number of hydrogen-bond acceptors (Lipinski definition) is 4. The van der Waals surface area contributed by atoms with Crippen LogP contribution >= 0.6 is 0 Å². The average Bonchev–Trinajstić information content (AvgIpc) is 2.37. The highest BCUT2D eigenvalue weighted by Crippen LogP contribution is 2.28. The van der Waals surface area contributed by atoms with Gasteiger partial charge in [0.25, 0.3) is 0 Å². The Morgan fingerprint density at radius 2 is 2.15 bits per heavy atom. The van der Waals surface area contributed by atoms with E-state index in [1.807, 2.05) is 19.1 Å². The van der Waals surface area contributed by atoms with E-state index in [2.05, 4.69) is 24.4 Å². The minimum Gasteiger partial charge on any atom is -0.490 e. The quantitative estimate of drug-likeness (QED) is 0.592. The Morgan fingerprint density at radius 1 is 1.40 bits per heavy atom. The Morgan fingerprint density at radius 3 is 2.75 bits per heavy atom. The minimum absolute atomic E-state index is 0.436. The van der Waals surface area contributed by atoms with Crippen LogP contribution in [0.2, 0.25) is 0 Å². The first kappa shape index (κ1) is 15.8. The van der Waals surface area contributed by atoms with Crippen LogP contribution in [0.15, 0.2) is 23.3 Å². The summed E-state index contributed by atoms with van der Waals surface area (Å²) in [6, 6.07) is 4.73. The third-order valence-corrected chi connectivity index (χ3v) is 2.23. The number of rotatable bonds is 7. The number of nitrogens with two attached hydrogens (primary N) is 1. The second-order valence-corrected chi connectivity index (χ2v) is 4.58. The number of primary amides is 1. The van der Waals surface area contributed by atoms with Crippen LogP contribution in [0.5, 0.6) is 11.5 Å². The van der Waals surface area contributed by atoms with Gasteiger partial charge in [-0.2, -0.15) is 5.10 Å². The molecule has 6 nitrogen and oxygen atoms in total. The predicted molar refractivity (Wildman–Crippen MR) is 78.3 cm³/mol. The summed E-state index contributed by atoms with van der Waals surface area (Å²) in [5.41, 5.74) is 7.83. The second kappa shape index (κ2) is 8.04. The molecule has 0 fully saturated rings. The van der Waals surface area contributed by atoms with Gasteiger partial charge < -0.3 is 15.2 Å². The molecule has 1 aromatic rings. The van der Waals surface area contributed by atoms with Gasteiger partial charge in [0.05, 0.1) is 19.4 Å². The fourth-order valence-corrected chi connectivity index (χ4v) is 1.42. The van der Waals surface area contributed by atoms with Crippen molar-refractivity contribution in [3.63, 3.8) is 0 Å². The minimum atomic E-state index is -0.705. The van der Waals surface area contributed by atoms with Gasteiger partial charge in [0.1, 0.15) is 0 Å². The molecule has 0 saturated heterocycles. The van der Waals surface area contributed by atoms with Gasteiger partial charge in [-0.3, -0.25) is 0 Å². The maximum Gasteiger partial charge on any atom is 0.332 e. The van der Waals surface area contributed by atoms with Crippen LogP contribution in [0, 0.1) is 5.92 Å². The largest absolute Gasteiger partial charge is 0.490 e. The van der Waals surface area contributed by atoms with E-state index in [4.69, 9.17) is 15.2 Å². The van der Waals surface area contributed by atoms with Crippen LogP contribution < -0.4 is 20.6 Å². The zero-order valence-electron chi connectivity index (χ0n) is 12.1. The molecular weight excluding hydrogens is 258 g/mol. The van der Waals surface area contributed by atoms with Crippen LogP contribution in [-0.4, -0.2) is 25.5 Å². The van der Waals surface area contributed by atoms with Gasteiger partial charge in [-0.1, -0.05) is 13.8 Å². The van der Waals surface area contributed by atoms with E-state index < -0.39 is 6.03 Å². The average molecular weight is 279 g/mol. The molecule has 20 heavy (non-hydrogen) atoms. The lowest BCUT2D eigenvalue weighted by Crippen LogP contribution is -2.24. The topological polar surface area (TPSA) is 85.9 Å². The normalized spacial score (nSPS) is 10.8. The zero-order valence-corrected chi connectivity index (χ0v) is 12.1. The van der Waals surface area contributed by atoms with Crippen molar-refractivity contribution in [2.24, 2.45) is 16.8 Å². The smallest absolute Gasteiger partial charge is 0.332 e. The highest BCUT2D eigenvalue weighted by atomic mass is 16.5. The Bertz CT molecular complexity index is 473. The maximum absolute atomic E-state index is 10.5. The summed E-state index contributed by atoms with van der Waals surface area (Å²) in [5, 5.41) is 3.70. The zero-order chi connectivity index (χ0) is 15.0. The molecule has 0 spiro atoms. The summed E-state index contributed by atoms with van der Waals surface area (Å²) in [6.07, 6.45) is 1.49. The van der Waals surface area contributed by atoms with E-state index in [1.165, 1.54) is 6.21 Å². The first-order valence-corrected chi connectivity index (χ1v) is 6.51. The first-order valence-electron chi connectivity index (χ1n) is 6.51. The predicted octanol–water partition coefficient (Wildman–Crippen LogP) is 2.12. The molecule has 0 unspecified atom stereocenters. The Balaban J connectivity index is 2.82. The molecule has 0 saturated carbocycles. The molecule has 0 aliphatic rings. The van der Waals surface area contributed by atoms with E-state index in [-0.39, 0.29) is 0 Å². The van der Waals surface area contributed by atoms with Gasteiger partial charge in [-0.05, 0) is 36.6 Å². The van der Waals surface area contributed by atoms with Crippen molar-refractivity contribution < 1.29 is 14.3 Å². The van der Waals surface area contributed by atoms with Gasteiger partial charge in [0, 0.05) is 0 Å². The summed E-state index contributed by atoms with van der Waals surface area (Å²) in [5.74, 6) is 1.78. The Hall–Kier alpha value is -2.24. The first-order chi connectivity index (χ1) is 9.52. The third kappa shape index (κ3) is 5.60.